The highest BCUT2D eigenvalue weighted by Gasteiger charge is 2.40. The molecule has 0 spiro atoms. The highest BCUT2D eigenvalue weighted by atomic mass is 35.5. The Kier molecular flexibility index (Phi) is 7.27. The smallest absolute Gasteiger partial charge is 0.265 e. The molecule has 1 atom stereocenters. The van der Waals surface area contributed by atoms with Crippen LogP contribution >= 0.6 is 35.0 Å². The molecular weight excluding hydrogens is 500 g/mol. The van der Waals surface area contributed by atoms with E-state index in [2.05, 4.69) is 5.32 Å². The third-order valence-electron chi connectivity index (χ3n) is 5.00. The van der Waals surface area contributed by atoms with Crippen molar-refractivity contribution in [1.29, 1.82) is 5.26 Å². The summed E-state index contributed by atoms with van der Waals surface area (Å²) in [5.74, 6) is -0.961. The molecule has 0 saturated carbocycles. The number of nitriles is 1. The van der Waals surface area contributed by atoms with Crippen LogP contribution in [0.15, 0.2) is 75.9 Å². The average Bonchev–Trinajstić information content (AvgIpc) is 3.45. The summed E-state index contributed by atoms with van der Waals surface area (Å²) in [6.07, 6.45) is 1.76. The zero-order valence-corrected chi connectivity index (χ0v) is 19.8. The van der Waals surface area contributed by atoms with E-state index in [4.69, 9.17) is 27.6 Å². The van der Waals surface area contributed by atoms with Crippen molar-refractivity contribution in [2.24, 2.45) is 0 Å². The van der Waals surface area contributed by atoms with Gasteiger partial charge in [0.25, 0.3) is 5.91 Å². The van der Waals surface area contributed by atoms with Gasteiger partial charge < -0.3 is 9.73 Å². The maximum absolute atomic E-state index is 13.5. The molecule has 6 nitrogen and oxygen atoms in total. The van der Waals surface area contributed by atoms with Crippen molar-refractivity contribution < 1.29 is 18.4 Å². The van der Waals surface area contributed by atoms with Gasteiger partial charge in [-0.1, -0.05) is 41.0 Å². The average molecular weight is 516 g/mol. The number of carbonyl (C=O) groups excluding carboxylic acids is 2. The van der Waals surface area contributed by atoms with Crippen molar-refractivity contribution in [2.45, 2.75) is 18.2 Å². The topological polar surface area (TPSA) is 86.3 Å². The normalized spacial score (nSPS) is 16.9. The molecule has 1 aliphatic heterocycles. The van der Waals surface area contributed by atoms with Crippen molar-refractivity contribution in [3.05, 3.63) is 98.6 Å². The zero-order chi connectivity index (χ0) is 24.2. The predicted octanol–water partition coefficient (Wildman–Crippen LogP) is 5.47. The van der Waals surface area contributed by atoms with Gasteiger partial charge in [-0.05, 0) is 60.5 Å². The van der Waals surface area contributed by atoms with Crippen LogP contribution in [0.25, 0.3) is 0 Å². The fourth-order valence-corrected chi connectivity index (χ4v) is 4.99. The number of rotatable bonds is 6. The molecule has 2 heterocycles. The largest absolute Gasteiger partial charge is 0.467 e. The van der Waals surface area contributed by atoms with E-state index in [1.54, 1.807) is 30.3 Å². The van der Waals surface area contributed by atoms with Crippen LogP contribution in [-0.2, 0) is 22.6 Å². The van der Waals surface area contributed by atoms with Crippen molar-refractivity contribution in [3.8, 4) is 6.07 Å². The first-order valence-electron chi connectivity index (χ1n) is 10.0. The number of benzene rings is 2. The molecule has 1 fully saturated rings. The summed E-state index contributed by atoms with van der Waals surface area (Å²) < 4.78 is 18.7. The summed E-state index contributed by atoms with van der Waals surface area (Å²) in [4.78, 5) is 27.5. The Morgan fingerprint density at radius 1 is 1.18 bits per heavy atom. The van der Waals surface area contributed by atoms with Gasteiger partial charge in [-0.25, -0.2) is 4.39 Å². The van der Waals surface area contributed by atoms with Gasteiger partial charge in [0.2, 0.25) is 5.91 Å². The quantitative estimate of drug-likeness (QED) is 0.347. The summed E-state index contributed by atoms with van der Waals surface area (Å²) in [6.45, 7) is 0.0756. The molecule has 0 bridgehead atoms. The zero-order valence-electron chi connectivity index (χ0n) is 17.4. The van der Waals surface area contributed by atoms with Crippen LogP contribution in [-0.4, -0.2) is 17.1 Å². The first-order valence-corrected chi connectivity index (χ1v) is 11.7. The highest BCUT2D eigenvalue weighted by Crippen LogP contribution is 2.42. The maximum Gasteiger partial charge on any atom is 0.265 e. The predicted molar refractivity (Wildman–Crippen MR) is 129 cm³/mol. The van der Waals surface area contributed by atoms with Crippen LogP contribution in [0.2, 0.25) is 10.0 Å². The first-order chi connectivity index (χ1) is 16.4. The van der Waals surface area contributed by atoms with Crippen LogP contribution in [0.4, 0.5) is 10.1 Å². The minimum absolute atomic E-state index is 0.0756. The lowest BCUT2D eigenvalue weighted by molar-refractivity contribution is -0.117. The highest BCUT2D eigenvalue weighted by molar-refractivity contribution is 8.05. The second-order valence-electron chi connectivity index (χ2n) is 7.26. The number of furan rings is 1. The second kappa shape index (κ2) is 10.3. The van der Waals surface area contributed by atoms with E-state index in [0.717, 1.165) is 17.3 Å². The number of halogens is 3. The monoisotopic (exact) mass is 515 g/mol. The van der Waals surface area contributed by atoms with Gasteiger partial charge >= 0.3 is 0 Å². The SMILES string of the molecule is N#C/C(C(=O)NCc1ccco1)=C1/S[C@H](Cc2ccc(Cl)c(Cl)c2)C(=O)N1c1ccc(F)cc1. The Balaban J connectivity index is 1.68. The number of anilines is 1. The van der Waals surface area contributed by atoms with Gasteiger partial charge in [0.1, 0.15) is 28.2 Å². The number of thioether (sulfide) groups is 1. The maximum atomic E-state index is 13.5. The summed E-state index contributed by atoms with van der Waals surface area (Å²) in [5, 5.41) is 12.7. The molecule has 1 aliphatic rings. The van der Waals surface area contributed by atoms with Gasteiger partial charge in [0.05, 0.1) is 28.1 Å². The van der Waals surface area contributed by atoms with Crippen molar-refractivity contribution in [2.75, 3.05) is 4.90 Å². The number of hydrogen-bond acceptors (Lipinski definition) is 5. The van der Waals surface area contributed by atoms with Crippen LogP contribution < -0.4 is 10.2 Å². The minimum Gasteiger partial charge on any atom is -0.467 e. The molecule has 0 aliphatic carbocycles. The molecule has 172 valence electrons. The van der Waals surface area contributed by atoms with Gasteiger partial charge in [0.15, 0.2) is 0 Å². The molecule has 1 N–H and O–H groups in total. The number of carbonyl (C=O) groups is 2. The third kappa shape index (κ3) is 5.12. The van der Waals surface area contributed by atoms with Gasteiger partial charge in [-0.3, -0.25) is 14.5 Å². The van der Waals surface area contributed by atoms with E-state index in [9.17, 15) is 19.2 Å². The molecular formula is C24H16Cl2FN3O3S. The van der Waals surface area contributed by atoms with E-state index in [1.165, 1.54) is 35.4 Å². The Morgan fingerprint density at radius 3 is 2.59 bits per heavy atom. The van der Waals surface area contributed by atoms with Gasteiger partial charge in [-0.15, -0.1) is 0 Å². The fraction of sp³-hybridized carbons (Fsp3) is 0.125. The molecule has 2 aromatic carbocycles. The lowest BCUT2D eigenvalue weighted by Crippen LogP contribution is -2.32. The second-order valence-corrected chi connectivity index (χ2v) is 9.27. The molecule has 0 radical (unpaired) electrons. The Morgan fingerprint density at radius 2 is 1.94 bits per heavy atom. The van der Waals surface area contributed by atoms with E-state index in [0.29, 0.717) is 21.5 Å². The van der Waals surface area contributed by atoms with Crippen LogP contribution in [0.3, 0.4) is 0 Å². The molecule has 3 aromatic rings. The third-order valence-corrected chi connectivity index (χ3v) is 7.00. The Labute approximate surface area is 208 Å². The van der Waals surface area contributed by atoms with Crippen LogP contribution in [0.1, 0.15) is 11.3 Å². The lowest BCUT2D eigenvalue weighted by Gasteiger charge is -2.18. The standard InChI is InChI=1S/C24H16Cl2FN3O3S/c25-19-8-3-14(10-20(19)26)11-21-23(32)30(16-6-4-15(27)5-7-16)24(34-21)18(12-28)22(31)29-13-17-2-1-9-33-17/h1-10,21H,11,13H2,(H,29,31)/b24-18-/t21-/m1/s1. The summed E-state index contributed by atoms with van der Waals surface area (Å²) in [7, 11) is 0. The molecule has 1 saturated heterocycles. The molecule has 4 rings (SSSR count). The lowest BCUT2D eigenvalue weighted by atomic mass is 10.1. The first kappa shape index (κ1) is 23.9. The summed E-state index contributed by atoms with van der Waals surface area (Å²) in [6, 6.07) is 15.6. The van der Waals surface area contributed by atoms with E-state index < -0.39 is 17.0 Å². The molecule has 34 heavy (non-hydrogen) atoms. The molecule has 2 amide bonds. The van der Waals surface area contributed by atoms with Crippen LogP contribution in [0, 0.1) is 17.1 Å². The number of nitrogens with zero attached hydrogens (tertiary/aromatic N) is 2. The van der Waals surface area contributed by atoms with Gasteiger partial charge in [0, 0.05) is 5.69 Å². The minimum atomic E-state index is -0.656. The number of amides is 2. The Bertz CT molecular complexity index is 1300. The van der Waals surface area contributed by atoms with Crippen molar-refractivity contribution in [3.63, 3.8) is 0 Å². The summed E-state index contributed by atoms with van der Waals surface area (Å²) in [5.41, 5.74) is 0.879. The Hall–Kier alpha value is -3.25. The number of hydrogen-bond donors (Lipinski definition) is 1. The molecule has 1 aromatic heterocycles. The van der Waals surface area contributed by atoms with Crippen molar-refractivity contribution >= 4 is 52.5 Å². The van der Waals surface area contributed by atoms with E-state index in [1.807, 2.05) is 6.07 Å². The van der Waals surface area contributed by atoms with Crippen LogP contribution in [0.5, 0.6) is 0 Å². The molecule has 0 unspecified atom stereocenters. The van der Waals surface area contributed by atoms with E-state index in [-0.39, 0.29) is 29.5 Å². The molecule has 10 heteroatoms. The number of nitrogens with one attached hydrogen (secondary N) is 1. The van der Waals surface area contributed by atoms with Crippen molar-refractivity contribution in [1.82, 2.24) is 5.32 Å². The van der Waals surface area contributed by atoms with E-state index >= 15 is 0 Å². The fourth-order valence-electron chi connectivity index (χ4n) is 3.36. The van der Waals surface area contributed by atoms with Gasteiger partial charge in [-0.2, -0.15) is 5.26 Å². The summed E-state index contributed by atoms with van der Waals surface area (Å²) >= 11 is 13.2.